The van der Waals surface area contributed by atoms with Crippen molar-refractivity contribution in [2.45, 2.75) is 0 Å². The van der Waals surface area contributed by atoms with Gasteiger partial charge in [0.2, 0.25) is 5.95 Å². The van der Waals surface area contributed by atoms with Crippen LogP contribution in [0.2, 0.25) is 0 Å². The number of nitrogens with zero attached hydrogens (tertiary/aromatic N) is 4. The van der Waals surface area contributed by atoms with Gasteiger partial charge in [-0.3, -0.25) is 0 Å². The molecule has 0 aliphatic carbocycles. The third-order valence-corrected chi connectivity index (χ3v) is 4.12. The lowest BCUT2D eigenvalue weighted by molar-refractivity contribution is 0.415. The maximum atomic E-state index is 5.26. The van der Waals surface area contributed by atoms with Gasteiger partial charge in [-0.05, 0) is 24.3 Å². The fourth-order valence-corrected chi connectivity index (χ4v) is 2.84. The zero-order valence-corrected chi connectivity index (χ0v) is 14.9. The molecule has 4 rings (SSSR count). The van der Waals surface area contributed by atoms with Crippen molar-refractivity contribution in [2.75, 3.05) is 23.9 Å². The molecule has 134 valence electrons. The maximum absolute atomic E-state index is 5.26. The van der Waals surface area contributed by atoms with Crippen molar-refractivity contribution in [3.05, 3.63) is 84.7 Å². The van der Waals surface area contributed by atoms with Crippen LogP contribution in [0.15, 0.2) is 84.1 Å². The number of aliphatic imine (C=N–C) groups is 1. The van der Waals surface area contributed by atoms with E-state index in [2.05, 4.69) is 25.2 Å². The second-order valence-corrected chi connectivity index (χ2v) is 5.91. The molecule has 0 unspecified atom stereocenters. The highest BCUT2D eigenvalue weighted by molar-refractivity contribution is 6.10. The quantitative estimate of drug-likeness (QED) is 0.747. The van der Waals surface area contributed by atoms with Crippen molar-refractivity contribution in [1.82, 2.24) is 9.97 Å². The Bertz CT molecular complexity index is 985. The molecule has 2 aromatic carbocycles. The van der Waals surface area contributed by atoms with E-state index in [1.54, 1.807) is 13.3 Å². The minimum Gasteiger partial charge on any atom is -0.497 e. The van der Waals surface area contributed by atoms with E-state index in [1.807, 2.05) is 72.9 Å². The average molecular weight is 357 g/mol. The first-order valence-electron chi connectivity index (χ1n) is 8.63. The lowest BCUT2D eigenvalue weighted by Gasteiger charge is -2.26. The SMILES string of the molecule is COc1cccc(Nc2nccc(N3CC=CN=C3c3ccccc3)n2)c1. The number of aromatic nitrogens is 2. The monoisotopic (exact) mass is 357 g/mol. The van der Waals surface area contributed by atoms with E-state index in [4.69, 9.17) is 4.74 Å². The summed E-state index contributed by atoms with van der Waals surface area (Å²) >= 11 is 0. The summed E-state index contributed by atoms with van der Waals surface area (Å²) < 4.78 is 5.26. The lowest BCUT2D eigenvalue weighted by atomic mass is 10.1. The van der Waals surface area contributed by atoms with E-state index in [-0.39, 0.29) is 0 Å². The molecule has 2 heterocycles. The van der Waals surface area contributed by atoms with Gasteiger partial charge >= 0.3 is 0 Å². The van der Waals surface area contributed by atoms with E-state index >= 15 is 0 Å². The van der Waals surface area contributed by atoms with Gasteiger partial charge in [-0.15, -0.1) is 0 Å². The first kappa shape index (κ1) is 16.8. The average Bonchev–Trinajstić information content (AvgIpc) is 2.75. The van der Waals surface area contributed by atoms with Gasteiger partial charge < -0.3 is 15.0 Å². The number of hydrogen-bond acceptors (Lipinski definition) is 6. The fourth-order valence-electron chi connectivity index (χ4n) is 2.84. The molecule has 1 aromatic heterocycles. The van der Waals surface area contributed by atoms with E-state index in [0.29, 0.717) is 12.5 Å². The largest absolute Gasteiger partial charge is 0.497 e. The summed E-state index contributed by atoms with van der Waals surface area (Å²) in [6.07, 6.45) is 5.57. The molecule has 6 nitrogen and oxygen atoms in total. The third kappa shape index (κ3) is 3.79. The molecule has 0 spiro atoms. The minimum absolute atomic E-state index is 0.516. The normalized spacial score (nSPS) is 13.2. The van der Waals surface area contributed by atoms with E-state index < -0.39 is 0 Å². The van der Waals surface area contributed by atoms with Crippen LogP contribution in [-0.2, 0) is 0 Å². The minimum atomic E-state index is 0.516. The molecule has 3 aromatic rings. The molecule has 1 aliphatic heterocycles. The van der Waals surface area contributed by atoms with E-state index in [9.17, 15) is 0 Å². The van der Waals surface area contributed by atoms with Crippen molar-refractivity contribution in [3.63, 3.8) is 0 Å². The number of ether oxygens (including phenoxy) is 1. The van der Waals surface area contributed by atoms with Crippen LogP contribution in [0.1, 0.15) is 5.56 Å². The predicted molar refractivity (Wildman–Crippen MR) is 108 cm³/mol. The molecule has 27 heavy (non-hydrogen) atoms. The molecule has 0 saturated heterocycles. The summed E-state index contributed by atoms with van der Waals surface area (Å²) in [5.74, 6) is 2.94. The summed E-state index contributed by atoms with van der Waals surface area (Å²) in [6, 6.07) is 19.6. The Kier molecular flexibility index (Phi) is 4.78. The first-order valence-corrected chi connectivity index (χ1v) is 8.63. The van der Waals surface area contributed by atoms with Crippen LogP contribution in [0.4, 0.5) is 17.5 Å². The number of nitrogens with one attached hydrogen (secondary N) is 1. The number of rotatable bonds is 5. The van der Waals surface area contributed by atoms with Crippen LogP contribution in [0.3, 0.4) is 0 Å². The highest BCUT2D eigenvalue weighted by atomic mass is 16.5. The summed E-state index contributed by atoms with van der Waals surface area (Å²) in [7, 11) is 1.64. The Morgan fingerprint density at radius 1 is 1.04 bits per heavy atom. The van der Waals surface area contributed by atoms with Crippen molar-refractivity contribution >= 4 is 23.3 Å². The van der Waals surface area contributed by atoms with E-state index in [0.717, 1.165) is 28.7 Å². The zero-order chi connectivity index (χ0) is 18.5. The van der Waals surface area contributed by atoms with Crippen molar-refractivity contribution in [2.24, 2.45) is 4.99 Å². The summed E-state index contributed by atoms with van der Waals surface area (Å²) in [4.78, 5) is 15.6. The molecule has 0 bridgehead atoms. The summed E-state index contributed by atoms with van der Waals surface area (Å²) in [5.41, 5.74) is 1.91. The van der Waals surface area contributed by atoms with Gasteiger partial charge in [-0.25, -0.2) is 9.98 Å². The van der Waals surface area contributed by atoms with Gasteiger partial charge in [0.05, 0.1) is 7.11 Å². The van der Waals surface area contributed by atoms with Crippen LogP contribution < -0.4 is 15.0 Å². The van der Waals surface area contributed by atoms with Gasteiger partial charge in [0.1, 0.15) is 17.4 Å². The van der Waals surface area contributed by atoms with Gasteiger partial charge in [0.15, 0.2) is 0 Å². The molecule has 0 fully saturated rings. The lowest BCUT2D eigenvalue weighted by Crippen LogP contribution is -2.34. The topological polar surface area (TPSA) is 62.6 Å². The number of anilines is 3. The first-order chi connectivity index (χ1) is 13.3. The Labute approximate surface area is 157 Å². The van der Waals surface area contributed by atoms with Crippen LogP contribution >= 0.6 is 0 Å². The number of hydrogen-bond donors (Lipinski definition) is 1. The zero-order valence-electron chi connectivity index (χ0n) is 14.9. The molecule has 0 amide bonds. The second kappa shape index (κ2) is 7.70. The maximum Gasteiger partial charge on any atom is 0.229 e. The van der Waals surface area contributed by atoms with Gasteiger partial charge in [0.25, 0.3) is 0 Å². The Morgan fingerprint density at radius 3 is 2.78 bits per heavy atom. The molecule has 0 saturated carbocycles. The molecular formula is C21H19N5O. The molecule has 1 N–H and O–H groups in total. The highest BCUT2D eigenvalue weighted by Gasteiger charge is 2.18. The molecule has 6 heteroatoms. The van der Waals surface area contributed by atoms with Crippen molar-refractivity contribution in [3.8, 4) is 5.75 Å². The second-order valence-electron chi connectivity index (χ2n) is 5.91. The number of benzene rings is 2. The van der Waals surface area contributed by atoms with Gasteiger partial charge in [-0.1, -0.05) is 36.4 Å². The number of amidine groups is 1. The van der Waals surface area contributed by atoms with Crippen LogP contribution in [0.25, 0.3) is 0 Å². The Hall–Kier alpha value is -3.67. The Morgan fingerprint density at radius 2 is 1.93 bits per heavy atom. The van der Waals surface area contributed by atoms with Crippen LogP contribution in [-0.4, -0.2) is 29.5 Å². The fraction of sp³-hybridized carbons (Fsp3) is 0.0952. The molecule has 1 aliphatic rings. The molecule has 0 atom stereocenters. The van der Waals surface area contributed by atoms with Crippen molar-refractivity contribution in [1.29, 1.82) is 0 Å². The number of methoxy groups -OCH3 is 1. The van der Waals surface area contributed by atoms with Crippen LogP contribution in [0.5, 0.6) is 5.75 Å². The molecular weight excluding hydrogens is 338 g/mol. The van der Waals surface area contributed by atoms with Gasteiger partial charge in [-0.2, -0.15) is 4.98 Å². The third-order valence-electron chi connectivity index (χ3n) is 4.12. The Balaban J connectivity index is 1.61. The van der Waals surface area contributed by atoms with Crippen LogP contribution in [0, 0.1) is 0 Å². The summed E-state index contributed by atoms with van der Waals surface area (Å²) in [5, 5.41) is 3.23. The van der Waals surface area contributed by atoms with Crippen molar-refractivity contribution < 1.29 is 4.74 Å². The highest BCUT2D eigenvalue weighted by Crippen LogP contribution is 2.22. The summed E-state index contributed by atoms with van der Waals surface area (Å²) in [6.45, 7) is 0.698. The smallest absolute Gasteiger partial charge is 0.229 e. The molecule has 0 radical (unpaired) electrons. The van der Waals surface area contributed by atoms with Gasteiger partial charge in [0, 0.05) is 36.3 Å². The van der Waals surface area contributed by atoms with E-state index in [1.165, 1.54) is 0 Å². The predicted octanol–water partition coefficient (Wildman–Crippen LogP) is 4.01. The standard InChI is InChI=1S/C21H19N5O/c1-27-18-10-5-9-17(15-18)24-21-23-13-11-19(25-21)26-14-6-12-22-20(26)16-7-3-2-4-8-16/h2-13,15H,14H2,1H3,(H,23,24,25).